The molecule has 6 aromatic carbocycles. The Kier molecular flexibility index (Phi) is 17.6. The fraction of sp³-hybridized carbons (Fsp3) is 0.0698. The molecule has 1 aliphatic heterocycles. The zero-order chi connectivity index (χ0) is 35.0. The first-order valence-electron chi connectivity index (χ1n) is 16.5. The summed E-state index contributed by atoms with van der Waals surface area (Å²) in [5.41, 5.74) is 2.86. The maximum Gasteiger partial charge on any atom is 0.161 e. The Balaban J connectivity index is 0.000000681. The van der Waals surface area contributed by atoms with Gasteiger partial charge in [0.05, 0.1) is 0 Å². The van der Waals surface area contributed by atoms with Crippen molar-refractivity contribution in [2.24, 2.45) is 0 Å². The zero-order valence-corrected chi connectivity index (χ0v) is 39.0. The molecule has 6 aromatic rings. The van der Waals surface area contributed by atoms with E-state index < -0.39 is 26.6 Å². The Bertz CT molecular complexity index is 1870. The van der Waals surface area contributed by atoms with E-state index in [1.165, 1.54) is 11.1 Å². The molecule has 270 valence electrons. The minimum Gasteiger partial charge on any atom is -0.312 e. The Labute approximate surface area is 356 Å². The van der Waals surface area contributed by atoms with Gasteiger partial charge in [0.1, 0.15) is 5.14 Å². The van der Waals surface area contributed by atoms with Crippen molar-refractivity contribution in [1.29, 1.82) is 0 Å². The van der Waals surface area contributed by atoms with Crippen molar-refractivity contribution in [2.45, 2.75) is 19.0 Å². The second kappa shape index (κ2) is 20.6. The Hall–Kier alpha value is -2.23. The first-order chi connectivity index (χ1) is 24.3. The SMILES string of the molecule is CC1=[C-][SbH][CH]=C1C.Cl.Cl.O=P(c1ccccc1)(c1ccccc1)C(P(=O)(c1ccccc1)c1ccccc1)P(=O)(c1ccccc1)c1ccccc1.[Zr]. The molecule has 10 heteroatoms. The predicted molar refractivity (Wildman–Crippen MR) is 231 cm³/mol. The predicted octanol–water partition coefficient (Wildman–Crippen LogP) is 9.20. The summed E-state index contributed by atoms with van der Waals surface area (Å²) < 4.78 is 55.4. The maximum atomic E-state index is 16.6. The standard InChI is InChI=1S/C37H31O3P3.C6H7.2ClH.Sb.Zr.H/c38-41(31-19-7-1-8-20-31,32-21-9-2-10-22-32)37(42(39,33-23-11-3-12-24-33)34-25-13-4-14-26-34)43(40,35-27-15-5-16-28-35)36-29-17-6-18-30-36;1-5(2)6(3)4;;;;;/h1-30,37H;1H,2-3H3;2*1H;;;/q;-1;;;;;. The third kappa shape index (κ3) is 9.43. The molecule has 0 N–H and O–H groups in total. The van der Waals surface area contributed by atoms with Gasteiger partial charge in [0.15, 0.2) is 21.4 Å². The third-order valence-electron chi connectivity index (χ3n) is 8.95. The molecule has 0 amide bonds. The van der Waals surface area contributed by atoms with Crippen LogP contribution < -0.4 is 31.8 Å². The van der Waals surface area contributed by atoms with E-state index in [9.17, 15) is 0 Å². The van der Waals surface area contributed by atoms with Gasteiger partial charge in [-0.1, -0.05) is 182 Å². The average Bonchev–Trinajstić information content (AvgIpc) is 3.58. The van der Waals surface area contributed by atoms with Gasteiger partial charge in [0.25, 0.3) is 0 Å². The van der Waals surface area contributed by atoms with Gasteiger partial charge in [-0.15, -0.1) is 24.8 Å². The largest absolute Gasteiger partial charge is 0.312 e. The second-order valence-electron chi connectivity index (χ2n) is 12.1. The van der Waals surface area contributed by atoms with Gasteiger partial charge in [-0.2, -0.15) is 0 Å². The van der Waals surface area contributed by atoms with E-state index in [1.807, 2.05) is 182 Å². The fourth-order valence-electron chi connectivity index (χ4n) is 6.29. The van der Waals surface area contributed by atoms with E-state index in [-0.39, 0.29) is 72.6 Å². The molecule has 0 saturated heterocycles. The molecule has 0 saturated carbocycles. The van der Waals surface area contributed by atoms with Crippen LogP contribution in [-0.2, 0) is 39.9 Å². The minimum absolute atomic E-state index is 0. The number of rotatable bonds is 9. The van der Waals surface area contributed by atoms with Crippen molar-refractivity contribution in [1.82, 2.24) is 0 Å². The van der Waals surface area contributed by atoms with Crippen LogP contribution in [0.1, 0.15) is 13.8 Å². The maximum absolute atomic E-state index is 16.6. The Morgan fingerprint density at radius 2 is 0.623 bits per heavy atom. The second-order valence-corrected chi connectivity index (χ2v) is 24.2. The van der Waals surface area contributed by atoms with Gasteiger partial charge in [-0.25, -0.2) is 0 Å². The van der Waals surface area contributed by atoms with E-state index in [1.54, 1.807) is 0 Å². The molecular formula is C43H41Cl2O3P3SbZr-. The van der Waals surface area contributed by atoms with Crippen molar-refractivity contribution in [2.75, 3.05) is 0 Å². The molecule has 7 rings (SSSR count). The number of halogens is 2. The molecule has 0 aromatic heterocycles. The van der Waals surface area contributed by atoms with Crippen molar-refractivity contribution in [3.63, 3.8) is 0 Å². The van der Waals surface area contributed by atoms with E-state index >= 15 is 13.7 Å². The summed E-state index contributed by atoms with van der Waals surface area (Å²) in [5.74, 6) is 0. The van der Waals surface area contributed by atoms with Crippen LogP contribution in [-0.4, -0.2) is 26.8 Å². The number of hydrogen-bond donors (Lipinski definition) is 0. The first kappa shape index (κ1) is 45.2. The van der Waals surface area contributed by atoms with Crippen LogP contribution in [0, 0.1) is 4.02 Å². The number of allylic oxidation sites excluding steroid dienone is 2. The number of benzene rings is 6. The topological polar surface area (TPSA) is 51.2 Å². The summed E-state index contributed by atoms with van der Waals surface area (Å²) in [5, 5.41) is 1.80. The molecule has 1 aliphatic rings. The molecule has 0 atom stereocenters. The molecule has 0 unspecified atom stereocenters. The minimum atomic E-state index is -3.97. The van der Waals surface area contributed by atoms with Gasteiger partial charge in [0, 0.05) is 58.0 Å². The van der Waals surface area contributed by atoms with Crippen LogP contribution >= 0.6 is 46.2 Å². The zero-order valence-electron chi connectivity index (χ0n) is 29.4. The quantitative estimate of drug-likeness (QED) is 0.0826. The summed E-state index contributed by atoms with van der Waals surface area (Å²) >= 11 is -0.231. The van der Waals surface area contributed by atoms with Crippen LogP contribution in [0.3, 0.4) is 0 Å². The van der Waals surface area contributed by atoms with E-state index in [2.05, 4.69) is 21.9 Å². The molecule has 0 aliphatic carbocycles. The average molecular weight is 983 g/mol. The molecular weight excluding hydrogens is 941 g/mol. The van der Waals surface area contributed by atoms with E-state index in [0.29, 0.717) is 31.8 Å². The summed E-state index contributed by atoms with van der Waals surface area (Å²) in [7, 11) is -11.9. The van der Waals surface area contributed by atoms with Gasteiger partial charge in [-0.05, 0) is 0 Å². The third-order valence-corrected chi connectivity index (χ3v) is 26.3. The van der Waals surface area contributed by atoms with Crippen LogP contribution in [0.25, 0.3) is 0 Å². The Morgan fingerprint density at radius 1 is 0.415 bits per heavy atom. The fourth-order valence-corrected chi connectivity index (χ4v) is 25.4. The summed E-state index contributed by atoms with van der Waals surface area (Å²) in [6.45, 7) is 4.30. The molecule has 0 bridgehead atoms. The van der Waals surface area contributed by atoms with E-state index in [0.717, 1.165) is 0 Å². The van der Waals surface area contributed by atoms with Crippen molar-refractivity contribution in [3.05, 3.63) is 201 Å². The molecule has 0 fully saturated rings. The smallest absolute Gasteiger partial charge is 0.161 e. The first-order valence-corrected chi connectivity index (χ1v) is 24.9. The van der Waals surface area contributed by atoms with Gasteiger partial charge in [0.2, 0.25) is 0 Å². The van der Waals surface area contributed by atoms with Crippen LogP contribution in [0.4, 0.5) is 0 Å². The van der Waals surface area contributed by atoms with Crippen LogP contribution in [0.2, 0.25) is 0 Å². The van der Waals surface area contributed by atoms with Crippen LogP contribution in [0.15, 0.2) is 197 Å². The van der Waals surface area contributed by atoms with Crippen molar-refractivity contribution < 1.29 is 39.9 Å². The van der Waals surface area contributed by atoms with Crippen molar-refractivity contribution in [3.8, 4) is 0 Å². The van der Waals surface area contributed by atoms with Crippen molar-refractivity contribution >= 4 is 99.7 Å². The Morgan fingerprint density at radius 3 is 0.755 bits per heavy atom. The summed E-state index contributed by atoms with van der Waals surface area (Å²) in [6.07, 6.45) is 0. The molecule has 3 nitrogen and oxygen atoms in total. The normalized spacial score (nSPS) is 12.4. The monoisotopic (exact) mass is 979 g/mol. The van der Waals surface area contributed by atoms with Gasteiger partial charge < -0.3 is 13.7 Å². The number of hydrogen-bond acceptors (Lipinski definition) is 3. The van der Waals surface area contributed by atoms with E-state index in [4.69, 9.17) is 0 Å². The molecule has 1 heterocycles. The molecule has 0 spiro atoms. The summed E-state index contributed by atoms with van der Waals surface area (Å²) in [6, 6.07) is 55.2. The molecule has 53 heavy (non-hydrogen) atoms. The van der Waals surface area contributed by atoms with Gasteiger partial charge >= 0.3 is 54.7 Å². The molecule has 0 radical (unpaired) electrons. The summed E-state index contributed by atoms with van der Waals surface area (Å²) in [4.78, 5) is 0. The van der Waals surface area contributed by atoms with Crippen LogP contribution in [0.5, 0.6) is 0 Å². The van der Waals surface area contributed by atoms with Gasteiger partial charge in [-0.3, -0.25) is 0 Å².